The fraction of sp³-hybridized carbons (Fsp3) is 0.818. The van der Waals surface area contributed by atoms with Crippen LogP contribution >= 0.6 is 0 Å². The molecular weight excluding hydrogens is 164 g/mol. The van der Waals surface area contributed by atoms with Crippen LogP contribution in [0.15, 0.2) is 0 Å². The highest BCUT2D eigenvalue weighted by Gasteiger charge is 2.38. The van der Waals surface area contributed by atoms with E-state index < -0.39 is 0 Å². The Bertz CT molecular complexity index is 228. The smallest absolute Gasteiger partial charge is 0.136 e. The van der Waals surface area contributed by atoms with Crippen molar-refractivity contribution in [1.82, 2.24) is 0 Å². The van der Waals surface area contributed by atoms with Gasteiger partial charge in [0, 0.05) is 18.8 Å². The Morgan fingerprint density at radius 1 is 1.54 bits per heavy atom. The normalized spacial score (nSPS) is 23.6. The molecule has 1 rings (SSSR count). The van der Waals surface area contributed by atoms with Crippen molar-refractivity contribution in [3.05, 3.63) is 0 Å². The van der Waals surface area contributed by atoms with Gasteiger partial charge < -0.3 is 4.79 Å². The summed E-state index contributed by atoms with van der Waals surface area (Å²) < 4.78 is 0. The third-order valence-corrected chi connectivity index (χ3v) is 2.95. The second-order valence-corrected chi connectivity index (χ2v) is 4.78. The molecule has 0 aromatic carbocycles. The Balaban J connectivity index is 2.67. The highest BCUT2D eigenvalue weighted by Crippen LogP contribution is 2.39. The van der Waals surface area contributed by atoms with Gasteiger partial charge in [0.2, 0.25) is 0 Å². The second kappa shape index (κ2) is 3.60. The summed E-state index contributed by atoms with van der Waals surface area (Å²) in [5, 5.41) is 0. The van der Waals surface area contributed by atoms with E-state index in [2.05, 4.69) is 0 Å². The van der Waals surface area contributed by atoms with Gasteiger partial charge in [0.05, 0.1) is 0 Å². The molecule has 0 radical (unpaired) electrons. The first-order valence-corrected chi connectivity index (χ1v) is 4.95. The number of hydrogen-bond acceptors (Lipinski definition) is 2. The zero-order chi connectivity index (χ0) is 10.1. The molecule has 0 aromatic heterocycles. The average Bonchev–Trinajstić information content (AvgIpc) is 2.32. The predicted octanol–water partition coefficient (Wildman–Crippen LogP) is 2.36. The van der Waals surface area contributed by atoms with Crippen molar-refractivity contribution in [2.45, 2.75) is 46.5 Å². The number of rotatable bonds is 3. The molecule has 0 aliphatic heterocycles. The molecule has 0 saturated heterocycles. The summed E-state index contributed by atoms with van der Waals surface area (Å²) in [5.41, 5.74) is -0.126. The van der Waals surface area contributed by atoms with Crippen molar-refractivity contribution < 1.29 is 9.59 Å². The minimum Gasteiger partial charge on any atom is -0.300 e. The van der Waals surface area contributed by atoms with Crippen LogP contribution in [0.3, 0.4) is 0 Å². The van der Waals surface area contributed by atoms with Gasteiger partial charge in [-0.1, -0.05) is 13.8 Å². The molecule has 2 nitrogen and oxygen atoms in total. The Morgan fingerprint density at radius 2 is 2.15 bits per heavy atom. The third-order valence-electron chi connectivity index (χ3n) is 2.95. The van der Waals surface area contributed by atoms with Crippen molar-refractivity contribution in [3.63, 3.8) is 0 Å². The van der Waals surface area contributed by atoms with Gasteiger partial charge >= 0.3 is 0 Å². The summed E-state index contributed by atoms with van der Waals surface area (Å²) in [5.74, 6) is 0.660. The fourth-order valence-corrected chi connectivity index (χ4v) is 2.41. The zero-order valence-electron chi connectivity index (χ0n) is 8.72. The van der Waals surface area contributed by atoms with Crippen LogP contribution < -0.4 is 0 Å². The van der Waals surface area contributed by atoms with E-state index in [9.17, 15) is 9.59 Å². The number of carbonyl (C=O) groups is 2. The summed E-state index contributed by atoms with van der Waals surface area (Å²) in [4.78, 5) is 22.5. The number of ketones is 2. The Kier molecular flexibility index (Phi) is 2.89. The molecule has 0 N–H and O–H groups in total. The quantitative estimate of drug-likeness (QED) is 0.671. The first-order chi connectivity index (χ1) is 5.93. The van der Waals surface area contributed by atoms with Gasteiger partial charge in [-0.3, -0.25) is 4.79 Å². The van der Waals surface area contributed by atoms with Crippen LogP contribution in [0, 0.1) is 11.3 Å². The topological polar surface area (TPSA) is 34.1 Å². The molecule has 0 spiro atoms. The van der Waals surface area contributed by atoms with Gasteiger partial charge in [-0.15, -0.1) is 0 Å². The molecule has 1 atom stereocenters. The van der Waals surface area contributed by atoms with Crippen LogP contribution in [0.2, 0.25) is 0 Å². The van der Waals surface area contributed by atoms with E-state index in [4.69, 9.17) is 0 Å². The molecule has 1 fully saturated rings. The molecule has 74 valence electrons. The molecule has 1 aliphatic carbocycles. The lowest BCUT2D eigenvalue weighted by atomic mass is 9.74. The summed E-state index contributed by atoms with van der Waals surface area (Å²) >= 11 is 0. The van der Waals surface area contributed by atoms with Gasteiger partial charge in [-0.25, -0.2) is 0 Å². The molecule has 0 amide bonds. The van der Waals surface area contributed by atoms with Gasteiger partial charge in [-0.2, -0.15) is 0 Å². The first kappa shape index (κ1) is 10.4. The lowest BCUT2D eigenvalue weighted by Gasteiger charge is -2.29. The molecule has 0 heterocycles. The van der Waals surface area contributed by atoms with Crippen LogP contribution in [0.5, 0.6) is 0 Å². The molecule has 1 unspecified atom stereocenters. The van der Waals surface area contributed by atoms with E-state index in [1.807, 2.05) is 13.8 Å². The van der Waals surface area contributed by atoms with Gasteiger partial charge in [0.1, 0.15) is 11.6 Å². The molecule has 1 aliphatic rings. The predicted molar refractivity (Wildman–Crippen MR) is 51.4 cm³/mol. The van der Waals surface area contributed by atoms with Crippen molar-refractivity contribution in [2.75, 3.05) is 0 Å². The maximum Gasteiger partial charge on any atom is 0.136 e. The van der Waals surface area contributed by atoms with Gasteiger partial charge in [0.25, 0.3) is 0 Å². The summed E-state index contributed by atoms with van der Waals surface area (Å²) in [6.07, 6.45) is 3.22. The van der Waals surface area contributed by atoms with Gasteiger partial charge in [-0.05, 0) is 25.2 Å². The minimum absolute atomic E-state index is 0.122. The van der Waals surface area contributed by atoms with Crippen LogP contribution in [0.4, 0.5) is 0 Å². The van der Waals surface area contributed by atoms with Gasteiger partial charge in [0.15, 0.2) is 0 Å². The van der Waals surface area contributed by atoms with E-state index in [0.29, 0.717) is 18.6 Å². The van der Waals surface area contributed by atoms with Crippen LogP contribution in [0.25, 0.3) is 0 Å². The molecular formula is C11H18O2. The summed E-state index contributed by atoms with van der Waals surface area (Å²) in [6, 6.07) is 0. The van der Waals surface area contributed by atoms with E-state index in [1.54, 1.807) is 6.92 Å². The molecule has 1 saturated carbocycles. The lowest BCUT2D eigenvalue weighted by Crippen LogP contribution is -2.29. The van der Waals surface area contributed by atoms with Crippen LogP contribution in [-0.4, -0.2) is 11.6 Å². The van der Waals surface area contributed by atoms with Crippen molar-refractivity contribution >= 4 is 11.6 Å². The highest BCUT2D eigenvalue weighted by atomic mass is 16.1. The molecule has 0 aromatic rings. The van der Waals surface area contributed by atoms with Crippen LogP contribution in [-0.2, 0) is 9.59 Å². The minimum atomic E-state index is -0.126. The number of carbonyl (C=O) groups excluding carboxylic acids is 2. The van der Waals surface area contributed by atoms with Crippen molar-refractivity contribution in [2.24, 2.45) is 11.3 Å². The largest absolute Gasteiger partial charge is 0.300 e. The van der Waals surface area contributed by atoms with Crippen LogP contribution in [0.1, 0.15) is 46.5 Å². The standard InChI is InChI=1S/C11H18O2/c1-8(12)7-11(2,3)9-5-4-6-10(9)13/h9H,4-7H2,1-3H3. The van der Waals surface area contributed by atoms with E-state index >= 15 is 0 Å². The summed E-state index contributed by atoms with van der Waals surface area (Å²) in [7, 11) is 0. The second-order valence-electron chi connectivity index (χ2n) is 4.78. The highest BCUT2D eigenvalue weighted by molar-refractivity contribution is 5.85. The molecule has 2 heteroatoms. The number of hydrogen-bond donors (Lipinski definition) is 0. The Hall–Kier alpha value is -0.660. The van der Waals surface area contributed by atoms with E-state index in [1.165, 1.54) is 0 Å². The molecule has 13 heavy (non-hydrogen) atoms. The first-order valence-electron chi connectivity index (χ1n) is 4.95. The van der Waals surface area contributed by atoms with Crippen molar-refractivity contribution in [3.8, 4) is 0 Å². The molecule has 0 bridgehead atoms. The zero-order valence-corrected chi connectivity index (χ0v) is 8.72. The maximum absolute atomic E-state index is 11.5. The van der Waals surface area contributed by atoms with Crippen molar-refractivity contribution in [1.29, 1.82) is 0 Å². The maximum atomic E-state index is 11.5. The summed E-state index contributed by atoms with van der Waals surface area (Å²) in [6.45, 7) is 5.66. The third kappa shape index (κ3) is 2.39. The Labute approximate surface area is 79.7 Å². The monoisotopic (exact) mass is 182 g/mol. The van der Waals surface area contributed by atoms with E-state index in [0.717, 1.165) is 12.8 Å². The lowest BCUT2D eigenvalue weighted by molar-refractivity contribution is -0.125. The number of Topliss-reactive ketones (excluding diaryl/α,β-unsaturated/α-hetero) is 2. The van der Waals surface area contributed by atoms with E-state index in [-0.39, 0.29) is 17.1 Å². The fourth-order valence-electron chi connectivity index (χ4n) is 2.41. The Morgan fingerprint density at radius 3 is 2.54 bits per heavy atom. The SMILES string of the molecule is CC(=O)CC(C)(C)C1CCCC1=O. The average molecular weight is 182 g/mol.